The molecule has 0 bridgehead atoms. The number of hydrogen-bond acceptors (Lipinski definition) is 6. The number of nitrogens with one attached hydrogen (secondary N) is 1. The van der Waals surface area contributed by atoms with Crippen LogP contribution in [0.25, 0.3) is 0 Å². The van der Waals surface area contributed by atoms with Gasteiger partial charge in [-0.15, -0.1) is 10.2 Å². The summed E-state index contributed by atoms with van der Waals surface area (Å²) in [4.78, 5) is 1.40. The molecule has 108 valence electrons. The van der Waals surface area contributed by atoms with Gasteiger partial charge in [0.1, 0.15) is 0 Å². The number of aryl methyl sites for hydroxylation is 1. The topological polar surface area (TPSA) is 74.1 Å². The number of methoxy groups -OCH3 is 1. The van der Waals surface area contributed by atoms with E-state index in [0.717, 1.165) is 18.7 Å². The minimum atomic E-state index is 0.257. The van der Waals surface area contributed by atoms with Crippen molar-refractivity contribution in [1.82, 2.24) is 25.5 Å². The first-order valence-electron chi connectivity index (χ1n) is 6.46. The van der Waals surface area contributed by atoms with Crippen LogP contribution in [-0.4, -0.2) is 33.9 Å². The fourth-order valence-electron chi connectivity index (χ4n) is 1.80. The molecular formula is C13H19N5O2. The molecule has 7 heteroatoms. The van der Waals surface area contributed by atoms with Crippen molar-refractivity contribution >= 4 is 0 Å². The second-order valence-corrected chi connectivity index (χ2v) is 4.21. The maximum atomic E-state index is 5.81. The minimum Gasteiger partial charge on any atom is -0.493 e. The zero-order valence-corrected chi connectivity index (χ0v) is 12.0. The van der Waals surface area contributed by atoms with Gasteiger partial charge in [0.15, 0.2) is 18.1 Å². The average molecular weight is 277 g/mol. The third-order valence-electron chi connectivity index (χ3n) is 2.74. The quantitative estimate of drug-likeness (QED) is 0.811. The monoisotopic (exact) mass is 277 g/mol. The summed E-state index contributed by atoms with van der Waals surface area (Å²) < 4.78 is 11.2. The number of rotatable bonds is 7. The molecule has 0 aliphatic carbocycles. The Kier molecular flexibility index (Phi) is 4.89. The molecule has 0 saturated heterocycles. The van der Waals surface area contributed by atoms with Crippen molar-refractivity contribution in [3.8, 4) is 11.5 Å². The van der Waals surface area contributed by atoms with Crippen molar-refractivity contribution in [2.24, 2.45) is 7.05 Å². The van der Waals surface area contributed by atoms with Crippen LogP contribution in [0.3, 0.4) is 0 Å². The number of benzene rings is 1. The lowest BCUT2D eigenvalue weighted by molar-refractivity contribution is 0.272. The van der Waals surface area contributed by atoms with E-state index in [4.69, 9.17) is 9.47 Å². The summed E-state index contributed by atoms with van der Waals surface area (Å²) in [6, 6.07) is 5.82. The van der Waals surface area contributed by atoms with Crippen molar-refractivity contribution in [1.29, 1.82) is 0 Å². The molecular weight excluding hydrogens is 258 g/mol. The number of hydrogen-bond donors (Lipinski definition) is 1. The maximum absolute atomic E-state index is 5.81. The van der Waals surface area contributed by atoms with Crippen LogP contribution in [0.15, 0.2) is 18.2 Å². The second-order valence-electron chi connectivity index (χ2n) is 4.21. The van der Waals surface area contributed by atoms with Gasteiger partial charge in [-0.3, -0.25) is 0 Å². The zero-order valence-electron chi connectivity index (χ0n) is 12.0. The largest absolute Gasteiger partial charge is 0.493 e. The van der Waals surface area contributed by atoms with Crippen molar-refractivity contribution in [3.63, 3.8) is 0 Å². The van der Waals surface area contributed by atoms with Gasteiger partial charge in [-0.05, 0) is 17.8 Å². The Morgan fingerprint density at radius 1 is 1.35 bits per heavy atom. The number of tetrazole rings is 1. The highest BCUT2D eigenvalue weighted by Gasteiger charge is 2.11. The molecule has 2 rings (SSSR count). The van der Waals surface area contributed by atoms with Crippen LogP contribution in [0.5, 0.6) is 11.5 Å². The Balaban J connectivity index is 2.14. The molecule has 0 saturated carbocycles. The molecule has 0 unspecified atom stereocenters. The van der Waals surface area contributed by atoms with Crippen LogP contribution in [0.2, 0.25) is 0 Å². The molecule has 20 heavy (non-hydrogen) atoms. The van der Waals surface area contributed by atoms with E-state index < -0.39 is 0 Å². The second kappa shape index (κ2) is 6.85. The third-order valence-corrected chi connectivity index (χ3v) is 2.74. The Morgan fingerprint density at radius 3 is 2.85 bits per heavy atom. The number of para-hydroxylation sites is 1. The van der Waals surface area contributed by atoms with E-state index in [2.05, 4.69) is 27.7 Å². The van der Waals surface area contributed by atoms with Crippen molar-refractivity contribution in [2.45, 2.75) is 20.1 Å². The normalized spacial score (nSPS) is 10.6. The van der Waals surface area contributed by atoms with Crippen LogP contribution < -0.4 is 14.8 Å². The highest BCUT2D eigenvalue weighted by atomic mass is 16.5. The lowest BCUT2D eigenvalue weighted by atomic mass is 10.2. The van der Waals surface area contributed by atoms with Gasteiger partial charge in [-0.1, -0.05) is 19.1 Å². The summed E-state index contributed by atoms with van der Waals surface area (Å²) in [6.45, 7) is 3.93. The SMILES string of the molecule is CCNCc1cccc(OC)c1OCc1nnn(C)n1. The molecule has 1 heterocycles. The molecule has 1 N–H and O–H groups in total. The number of ether oxygens (including phenoxy) is 2. The summed E-state index contributed by atoms with van der Waals surface area (Å²) in [5.74, 6) is 1.94. The Labute approximate surface area is 117 Å². The van der Waals surface area contributed by atoms with Gasteiger partial charge in [0.05, 0.1) is 14.2 Å². The molecule has 0 aliphatic rings. The molecule has 0 aliphatic heterocycles. The lowest BCUT2D eigenvalue weighted by Crippen LogP contribution is -2.13. The van der Waals surface area contributed by atoms with E-state index in [1.807, 2.05) is 18.2 Å². The van der Waals surface area contributed by atoms with Gasteiger partial charge < -0.3 is 14.8 Å². The van der Waals surface area contributed by atoms with Crippen LogP contribution in [0, 0.1) is 0 Å². The van der Waals surface area contributed by atoms with Crippen LogP contribution in [0.4, 0.5) is 0 Å². The van der Waals surface area contributed by atoms with Gasteiger partial charge in [0.2, 0.25) is 5.82 Å². The van der Waals surface area contributed by atoms with Crippen LogP contribution >= 0.6 is 0 Å². The lowest BCUT2D eigenvalue weighted by Gasteiger charge is -2.14. The van der Waals surface area contributed by atoms with Gasteiger partial charge in [-0.2, -0.15) is 4.80 Å². The van der Waals surface area contributed by atoms with E-state index in [-0.39, 0.29) is 6.61 Å². The summed E-state index contributed by atoms with van der Waals surface area (Å²) in [5, 5.41) is 15.0. The summed E-state index contributed by atoms with van der Waals surface area (Å²) in [6.07, 6.45) is 0. The Hall–Kier alpha value is -2.15. The Bertz CT molecular complexity index is 555. The molecule has 7 nitrogen and oxygen atoms in total. The van der Waals surface area contributed by atoms with Gasteiger partial charge in [-0.25, -0.2) is 0 Å². The predicted octanol–water partition coefficient (Wildman–Crippen LogP) is 0.907. The van der Waals surface area contributed by atoms with Crippen LogP contribution in [-0.2, 0) is 20.2 Å². The molecule has 1 aromatic heterocycles. The maximum Gasteiger partial charge on any atom is 0.212 e. The summed E-state index contributed by atoms with van der Waals surface area (Å²) in [7, 11) is 3.34. The molecule has 2 aromatic rings. The van der Waals surface area contributed by atoms with E-state index in [1.54, 1.807) is 14.2 Å². The van der Waals surface area contributed by atoms with Crippen molar-refractivity contribution in [2.75, 3.05) is 13.7 Å². The molecule has 0 amide bonds. The highest BCUT2D eigenvalue weighted by molar-refractivity contribution is 5.46. The van der Waals surface area contributed by atoms with Crippen molar-refractivity contribution < 1.29 is 9.47 Å². The zero-order chi connectivity index (χ0) is 14.4. The Morgan fingerprint density at radius 2 is 2.20 bits per heavy atom. The van der Waals surface area contributed by atoms with E-state index >= 15 is 0 Å². The highest BCUT2D eigenvalue weighted by Crippen LogP contribution is 2.31. The number of aromatic nitrogens is 4. The fraction of sp³-hybridized carbons (Fsp3) is 0.462. The van der Waals surface area contributed by atoms with E-state index in [9.17, 15) is 0 Å². The number of nitrogens with zero attached hydrogens (tertiary/aromatic N) is 4. The minimum absolute atomic E-state index is 0.257. The molecule has 0 radical (unpaired) electrons. The van der Waals surface area contributed by atoms with Crippen molar-refractivity contribution in [3.05, 3.63) is 29.6 Å². The standard InChI is InChI=1S/C13H19N5O2/c1-4-14-8-10-6-5-7-11(19-3)13(10)20-9-12-15-17-18(2)16-12/h5-7,14H,4,8-9H2,1-3H3. The molecule has 1 aromatic carbocycles. The van der Waals surface area contributed by atoms with Gasteiger partial charge >= 0.3 is 0 Å². The fourth-order valence-corrected chi connectivity index (χ4v) is 1.80. The average Bonchev–Trinajstić information content (AvgIpc) is 2.88. The summed E-state index contributed by atoms with van der Waals surface area (Å²) >= 11 is 0. The molecule has 0 atom stereocenters. The first kappa shape index (κ1) is 14.3. The molecule has 0 fully saturated rings. The third kappa shape index (κ3) is 3.45. The predicted molar refractivity (Wildman–Crippen MR) is 73.5 cm³/mol. The smallest absolute Gasteiger partial charge is 0.212 e. The van der Waals surface area contributed by atoms with Crippen LogP contribution in [0.1, 0.15) is 18.3 Å². The van der Waals surface area contributed by atoms with Gasteiger partial charge in [0.25, 0.3) is 0 Å². The molecule has 0 spiro atoms. The first-order chi connectivity index (χ1) is 9.74. The van der Waals surface area contributed by atoms with Gasteiger partial charge in [0, 0.05) is 12.1 Å². The van der Waals surface area contributed by atoms with E-state index in [0.29, 0.717) is 17.3 Å². The summed E-state index contributed by atoms with van der Waals surface area (Å²) in [5.41, 5.74) is 1.04. The van der Waals surface area contributed by atoms with E-state index in [1.165, 1.54) is 4.80 Å². The first-order valence-corrected chi connectivity index (χ1v) is 6.46.